The molecule has 108 valence electrons. The Bertz CT molecular complexity index is 742. The van der Waals surface area contributed by atoms with Crippen LogP contribution in [-0.2, 0) is 23.6 Å². The van der Waals surface area contributed by atoms with E-state index >= 15 is 0 Å². The topological polar surface area (TPSA) is 102 Å². The van der Waals surface area contributed by atoms with Gasteiger partial charge in [0.25, 0.3) is 0 Å². The Kier molecular flexibility index (Phi) is 3.69. The molecule has 0 aliphatic rings. The lowest BCUT2D eigenvalue weighted by Gasteiger charge is -2.02. The second-order valence-corrected chi connectivity index (χ2v) is 6.08. The lowest BCUT2D eigenvalue weighted by Crippen LogP contribution is -2.22. The van der Waals surface area contributed by atoms with Crippen molar-refractivity contribution in [2.45, 2.75) is 18.4 Å². The Hall–Kier alpha value is -2.06. The van der Waals surface area contributed by atoms with Gasteiger partial charge in [-0.15, -0.1) is 0 Å². The number of sulfonamides is 1. The summed E-state index contributed by atoms with van der Waals surface area (Å²) in [5.74, 6) is -0.0110. The van der Waals surface area contributed by atoms with Crippen LogP contribution in [0.4, 0.5) is 0 Å². The molecule has 0 saturated carbocycles. The molecule has 0 unspecified atom stereocenters. The smallest absolute Gasteiger partial charge is 0.352 e. The van der Waals surface area contributed by atoms with Gasteiger partial charge in [-0.05, 0) is 25.1 Å². The van der Waals surface area contributed by atoms with E-state index in [0.29, 0.717) is 11.5 Å². The molecule has 2 aromatic rings. The zero-order chi connectivity index (χ0) is 14.9. The minimum absolute atomic E-state index is 0.00741. The first kappa shape index (κ1) is 14.4. The van der Waals surface area contributed by atoms with Gasteiger partial charge in [0, 0.05) is 13.2 Å². The van der Waals surface area contributed by atoms with Crippen LogP contribution in [0.2, 0.25) is 0 Å². The Morgan fingerprint density at radius 1 is 1.45 bits per heavy atom. The quantitative estimate of drug-likeness (QED) is 0.860. The molecule has 0 spiro atoms. The molecular weight excluding hydrogens is 284 g/mol. The fraction of sp³-hybridized carbons (Fsp3) is 0.250. The van der Waals surface area contributed by atoms with E-state index in [0.717, 1.165) is 6.07 Å². The van der Waals surface area contributed by atoms with Crippen LogP contribution in [0.15, 0.2) is 33.7 Å². The number of furan rings is 1. The second kappa shape index (κ2) is 5.14. The number of carboxylic acids is 1. The maximum atomic E-state index is 12.0. The van der Waals surface area contributed by atoms with E-state index < -0.39 is 16.0 Å². The van der Waals surface area contributed by atoms with E-state index in [1.54, 1.807) is 19.1 Å². The molecule has 2 aromatic heterocycles. The molecule has 0 atom stereocenters. The van der Waals surface area contributed by atoms with E-state index in [1.807, 2.05) is 0 Å². The summed E-state index contributed by atoms with van der Waals surface area (Å²) < 4.78 is 32.9. The number of nitrogens with zero attached hydrogens (tertiary/aromatic N) is 1. The van der Waals surface area contributed by atoms with Gasteiger partial charge in [0.2, 0.25) is 10.0 Å². The highest BCUT2D eigenvalue weighted by Gasteiger charge is 2.20. The van der Waals surface area contributed by atoms with E-state index in [-0.39, 0.29) is 17.1 Å². The highest BCUT2D eigenvalue weighted by Crippen LogP contribution is 2.14. The van der Waals surface area contributed by atoms with Gasteiger partial charge < -0.3 is 14.1 Å². The number of aromatic carboxylic acids is 1. The van der Waals surface area contributed by atoms with Gasteiger partial charge in [-0.25, -0.2) is 17.9 Å². The third-order valence-corrected chi connectivity index (χ3v) is 4.11. The molecule has 20 heavy (non-hydrogen) atoms. The van der Waals surface area contributed by atoms with E-state index in [2.05, 4.69) is 4.72 Å². The number of hydrogen-bond donors (Lipinski definition) is 2. The Morgan fingerprint density at radius 2 is 2.15 bits per heavy atom. The standard InChI is InChI=1S/C12H14N2O5S/c1-8-3-4-9(19-8)6-13-20(17,18)10-5-11(12(15)16)14(2)7-10/h3-5,7,13H,6H2,1-2H3,(H,15,16). The molecule has 0 aliphatic carbocycles. The van der Waals surface area contributed by atoms with Gasteiger partial charge >= 0.3 is 5.97 Å². The van der Waals surface area contributed by atoms with Gasteiger partial charge in [-0.1, -0.05) is 0 Å². The molecule has 0 bridgehead atoms. The third-order valence-electron chi connectivity index (χ3n) is 2.74. The fourth-order valence-corrected chi connectivity index (χ4v) is 2.79. The molecule has 0 aromatic carbocycles. The number of carbonyl (C=O) groups is 1. The average molecular weight is 298 g/mol. The summed E-state index contributed by atoms with van der Waals surface area (Å²) in [5.41, 5.74) is -0.0979. The van der Waals surface area contributed by atoms with Crippen molar-refractivity contribution < 1.29 is 22.7 Å². The van der Waals surface area contributed by atoms with Crippen LogP contribution in [-0.4, -0.2) is 24.1 Å². The maximum Gasteiger partial charge on any atom is 0.352 e. The third kappa shape index (κ3) is 2.91. The predicted molar refractivity (Wildman–Crippen MR) is 69.8 cm³/mol. The maximum absolute atomic E-state index is 12.0. The van der Waals surface area contributed by atoms with E-state index in [9.17, 15) is 13.2 Å². The largest absolute Gasteiger partial charge is 0.477 e. The van der Waals surface area contributed by atoms with Gasteiger partial charge in [-0.3, -0.25) is 0 Å². The lowest BCUT2D eigenvalue weighted by atomic mass is 10.4. The molecule has 0 amide bonds. The van der Waals surface area contributed by atoms with Crippen molar-refractivity contribution in [3.63, 3.8) is 0 Å². The lowest BCUT2D eigenvalue weighted by molar-refractivity contribution is 0.0686. The van der Waals surface area contributed by atoms with Crippen LogP contribution < -0.4 is 4.72 Å². The zero-order valence-corrected chi connectivity index (χ0v) is 11.8. The summed E-state index contributed by atoms with van der Waals surface area (Å²) in [5, 5.41) is 8.90. The zero-order valence-electron chi connectivity index (χ0n) is 11.0. The summed E-state index contributed by atoms with van der Waals surface area (Å²) in [6.07, 6.45) is 1.25. The second-order valence-electron chi connectivity index (χ2n) is 4.31. The molecule has 0 fully saturated rings. The molecule has 2 heterocycles. The Balaban J connectivity index is 2.18. The van der Waals surface area contributed by atoms with E-state index in [1.165, 1.54) is 17.8 Å². The molecular formula is C12H14N2O5S. The van der Waals surface area contributed by atoms with Crippen molar-refractivity contribution in [2.75, 3.05) is 0 Å². The van der Waals surface area contributed by atoms with Crippen LogP contribution in [0.1, 0.15) is 22.0 Å². The number of hydrogen-bond acceptors (Lipinski definition) is 4. The Morgan fingerprint density at radius 3 is 2.65 bits per heavy atom. The minimum atomic E-state index is -3.78. The first-order valence-electron chi connectivity index (χ1n) is 5.74. The van der Waals surface area contributed by atoms with Crippen molar-refractivity contribution in [1.29, 1.82) is 0 Å². The molecule has 0 aliphatic heterocycles. The summed E-state index contributed by atoms with van der Waals surface area (Å²) in [6.45, 7) is 1.77. The highest BCUT2D eigenvalue weighted by molar-refractivity contribution is 7.89. The van der Waals surface area contributed by atoms with Gasteiger partial charge in [0.1, 0.15) is 22.1 Å². The van der Waals surface area contributed by atoms with Crippen molar-refractivity contribution in [1.82, 2.24) is 9.29 Å². The van der Waals surface area contributed by atoms with Gasteiger partial charge in [0.15, 0.2) is 0 Å². The predicted octanol–water partition coefficient (Wildman–Crippen LogP) is 1.10. The van der Waals surface area contributed by atoms with Crippen LogP contribution in [0, 0.1) is 6.92 Å². The summed E-state index contributed by atoms with van der Waals surface area (Å²) in [6, 6.07) is 4.51. The molecule has 7 nitrogen and oxygen atoms in total. The Labute approximate surface area is 115 Å². The number of carboxylic acid groups (broad SMARTS) is 1. The highest BCUT2D eigenvalue weighted by atomic mass is 32.2. The molecule has 8 heteroatoms. The molecule has 2 N–H and O–H groups in total. The molecule has 0 radical (unpaired) electrons. The van der Waals surface area contributed by atoms with Crippen LogP contribution in [0.25, 0.3) is 0 Å². The number of rotatable bonds is 5. The molecule has 2 rings (SSSR count). The monoisotopic (exact) mass is 298 g/mol. The van der Waals surface area contributed by atoms with Crippen LogP contribution >= 0.6 is 0 Å². The number of aromatic nitrogens is 1. The van der Waals surface area contributed by atoms with Gasteiger partial charge in [-0.2, -0.15) is 0 Å². The fourth-order valence-electron chi connectivity index (χ4n) is 1.72. The van der Waals surface area contributed by atoms with Crippen molar-refractivity contribution in [3.8, 4) is 0 Å². The van der Waals surface area contributed by atoms with Crippen molar-refractivity contribution in [3.05, 3.63) is 41.6 Å². The molecule has 0 saturated heterocycles. The van der Waals surface area contributed by atoms with Crippen LogP contribution in [0.5, 0.6) is 0 Å². The number of aryl methyl sites for hydroxylation is 2. The first-order chi connectivity index (χ1) is 9.29. The summed E-state index contributed by atoms with van der Waals surface area (Å²) >= 11 is 0. The summed E-state index contributed by atoms with van der Waals surface area (Å²) in [7, 11) is -2.31. The average Bonchev–Trinajstić information content (AvgIpc) is 2.93. The normalized spacial score (nSPS) is 11.7. The van der Waals surface area contributed by atoms with Crippen LogP contribution in [0.3, 0.4) is 0 Å². The van der Waals surface area contributed by atoms with Crippen molar-refractivity contribution >= 4 is 16.0 Å². The number of nitrogens with one attached hydrogen (secondary N) is 1. The SMILES string of the molecule is Cc1ccc(CNS(=O)(=O)c2cc(C(=O)O)n(C)c2)o1. The van der Waals surface area contributed by atoms with Gasteiger partial charge in [0.05, 0.1) is 6.54 Å². The minimum Gasteiger partial charge on any atom is -0.477 e. The van der Waals surface area contributed by atoms with E-state index in [4.69, 9.17) is 9.52 Å². The van der Waals surface area contributed by atoms with Crippen molar-refractivity contribution in [2.24, 2.45) is 7.05 Å². The first-order valence-corrected chi connectivity index (χ1v) is 7.22. The summed E-state index contributed by atoms with van der Waals surface area (Å²) in [4.78, 5) is 10.8.